The average molecular weight is 207 g/mol. The summed E-state index contributed by atoms with van der Waals surface area (Å²) in [6.45, 7) is 12.5. The predicted octanol–water partition coefficient (Wildman–Crippen LogP) is 1.96. The first-order valence-electron chi connectivity index (χ1n) is 4.89. The fourth-order valence-electron chi connectivity index (χ4n) is 1.54. The molecule has 0 saturated carbocycles. The molecule has 0 N–H and O–H groups in total. The lowest BCUT2D eigenvalue weighted by atomic mass is 9.90. The van der Waals surface area contributed by atoms with E-state index in [0.29, 0.717) is 12.2 Å². The predicted molar refractivity (Wildman–Crippen MR) is 58.9 cm³/mol. The molecule has 0 aliphatic rings. The maximum atomic E-state index is 10.8. The van der Waals surface area contributed by atoms with Gasteiger partial charge in [0.15, 0.2) is 6.29 Å². The van der Waals surface area contributed by atoms with E-state index in [1.807, 2.05) is 27.7 Å². The minimum atomic E-state index is -0.144. The number of aldehydes is 1. The van der Waals surface area contributed by atoms with Gasteiger partial charge in [0.25, 0.3) is 0 Å². The number of nitrogens with zero attached hydrogens (tertiary/aromatic N) is 3. The highest BCUT2D eigenvalue weighted by atomic mass is 16.1. The summed E-state index contributed by atoms with van der Waals surface area (Å²) in [5.41, 5.74) is 2.13. The number of carbonyl (C=O) groups is 1. The van der Waals surface area contributed by atoms with Crippen molar-refractivity contribution in [1.29, 1.82) is 0 Å². The van der Waals surface area contributed by atoms with Crippen LogP contribution in [-0.4, -0.2) is 21.3 Å². The minimum absolute atomic E-state index is 0.144. The van der Waals surface area contributed by atoms with Crippen LogP contribution >= 0.6 is 0 Å². The Kier molecular flexibility index (Phi) is 3.07. The maximum absolute atomic E-state index is 10.8. The normalized spacial score (nSPS) is 11.5. The molecule has 82 valence electrons. The van der Waals surface area contributed by atoms with E-state index in [9.17, 15) is 4.79 Å². The highest BCUT2D eigenvalue weighted by Gasteiger charge is 2.24. The van der Waals surface area contributed by atoms with Crippen LogP contribution in [0.1, 0.15) is 43.9 Å². The standard InChI is InChI=1S/C11H17N3O/c1-8(2)6-14-10(11(3,4)5)9(7-15)12-13-14/h7H,1,6H2,2-5H3. The summed E-state index contributed by atoms with van der Waals surface area (Å²) in [5.74, 6) is 0. The fraction of sp³-hybridized carbons (Fsp3) is 0.545. The van der Waals surface area contributed by atoms with Gasteiger partial charge in [0.2, 0.25) is 0 Å². The van der Waals surface area contributed by atoms with Gasteiger partial charge in [0, 0.05) is 5.41 Å². The van der Waals surface area contributed by atoms with Gasteiger partial charge >= 0.3 is 0 Å². The molecule has 0 spiro atoms. The SMILES string of the molecule is C=C(C)Cn1nnc(C=O)c1C(C)(C)C. The molecule has 15 heavy (non-hydrogen) atoms. The summed E-state index contributed by atoms with van der Waals surface area (Å²) in [4.78, 5) is 10.8. The van der Waals surface area contributed by atoms with Crippen LogP contribution < -0.4 is 0 Å². The van der Waals surface area contributed by atoms with Gasteiger partial charge in [-0.25, -0.2) is 4.68 Å². The molecular formula is C11H17N3O. The first kappa shape index (κ1) is 11.6. The van der Waals surface area contributed by atoms with Crippen LogP contribution in [0.5, 0.6) is 0 Å². The van der Waals surface area contributed by atoms with Crippen LogP contribution in [0.3, 0.4) is 0 Å². The molecular weight excluding hydrogens is 190 g/mol. The highest BCUT2D eigenvalue weighted by Crippen LogP contribution is 2.24. The summed E-state index contributed by atoms with van der Waals surface area (Å²) < 4.78 is 1.74. The van der Waals surface area contributed by atoms with E-state index in [4.69, 9.17) is 0 Å². The van der Waals surface area contributed by atoms with Crippen molar-refractivity contribution in [2.24, 2.45) is 0 Å². The van der Waals surface area contributed by atoms with Crippen LogP contribution in [0.15, 0.2) is 12.2 Å². The zero-order valence-electron chi connectivity index (χ0n) is 9.74. The third-order valence-electron chi connectivity index (χ3n) is 2.00. The van der Waals surface area contributed by atoms with Gasteiger partial charge < -0.3 is 0 Å². The van der Waals surface area contributed by atoms with Crippen molar-refractivity contribution in [2.75, 3.05) is 0 Å². The van der Waals surface area contributed by atoms with Gasteiger partial charge in [-0.1, -0.05) is 38.1 Å². The number of carbonyl (C=O) groups excluding carboxylic acids is 1. The Morgan fingerprint density at radius 2 is 2.13 bits per heavy atom. The molecule has 0 atom stereocenters. The van der Waals surface area contributed by atoms with Crippen molar-refractivity contribution in [1.82, 2.24) is 15.0 Å². The topological polar surface area (TPSA) is 47.8 Å². The lowest BCUT2D eigenvalue weighted by Gasteiger charge is -2.20. The lowest BCUT2D eigenvalue weighted by Crippen LogP contribution is -2.20. The molecule has 0 fully saturated rings. The van der Waals surface area contributed by atoms with Crippen molar-refractivity contribution >= 4 is 6.29 Å². The lowest BCUT2D eigenvalue weighted by molar-refractivity contribution is 0.111. The van der Waals surface area contributed by atoms with Crippen molar-refractivity contribution < 1.29 is 4.79 Å². The zero-order valence-corrected chi connectivity index (χ0v) is 9.74. The Labute approximate surface area is 90.0 Å². The van der Waals surface area contributed by atoms with Gasteiger partial charge in [-0.15, -0.1) is 5.10 Å². The molecule has 0 aliphatic carbocycles. The summed E-state index contributed by atoms with van der Waals surface area (Å²) in [6, 6.07) is 0. The Bertz CT molecular complexity index is 385. The Balaban J connectivity index is 3.23. The molecule has 1 rings (SSSR count). The van der Waals surface area contributed by atoms with E-state index in [1.54, 1.807) is 4.68 Å². The number of aromatic nitrogens is 3. The summed E-state index contributed by atoms with van der Waals surface area (Å²) in [6.07, 6.45) is 0.752. The summed E-state index contributed by atoms with van der Waals surface area (Å²) >= 11 is 0. The second kappa shape index (κ2) is 3.96. The van der Waals surface area contributed by atoms with Crippen molar-refractivity contribution in [3.05, 3.63) is 23.5 Å². The van der Waals surface area contributed by atoms with Crippen molar-refractivity contribution in [3.8, 4) is 0 Å². The number of hydrogen-bond acceptors (Lipinski definition) is 3. The first-order chi connectivity index (χ1) is 6.86. The highest BCUT2D eigenvalue weighted by molar-refractivity contribution is 5.73. The monoisotopic (exact) mass is 207 g/mol. The second-order valence-corrected chi connectivity index (χ2v) is 4.81. The molecule has 0 radical (unpaired) electrons. The molecule has 0 aliphatic heterocycles. The molecule has 4 nitrogen and oxygen atoms in total. The Morgan fingerprint density at radius 1 is 1.53 bits per heavy atom. The molecule has 1 aromatic rings. The van der Waals surface area contributed by atoms with Crippen LogP contribution in [-0.2, 0) is 12.0 Å². The Hall–Kier alpha value is -1.45. The molecule has 1 heterocycles. The number of rotatable bonds is 3. The van der Waals surface area contributed by atoms with Crippen LogP contribution in [0.2, 0.25) is 0 Å². The minimum Gasteiger partial charge on any atom is -0.296 e. The van der Waals surface area contributed by atoms with E-state index in [0.717, 1.165) is 17.6 Å². The fourth-order valence-corrected chi connectivity index (χ4v) is 1.54. The molecule has 0 saturated heterocycles. The van der Waals surface area contributed by atoms with Crippen molar-refractivity contribution in [2.45, 2.75) is 39.7 Å². The smallest absolute Gasteiger partial charge is 0.172 e. The van der Waals surface area contributed by atoms with E-state index in [2.05, 4.69) is 16.9 Å². The average Bonchev–Trinajstić information content (AvgIpc) is 2.45. The molecule has 0 amide bonds. The van der Waals surface area contributed by atoms with Gasteiger partial charge in [-0.05, 0) is 6.92 Å². The van der Waals surface area contributed by atoms with Gasteiger partial charge in [0.1, 0.15) is 5.69 Å². The van der Waals surface area contributed by atoms with Crippen molar-refractivity contribution in [3.63, 3.8) is 0 Å². The third-order valence-corrected chi connectivity index (χ3v) is 2.00. The van der Waals surface area contributed by atoms with Gasteiger partial charge in [-0.3, -0.25) is 4.79 Å². The van der Waals surface area contributed by atoms with Crippen LogP contribution in [0, 0.1) is 0 Å². The largest absolute Gasteiger partial charge is 0.296 e. The van der Waals surface area contributed by atoms with Crippen LogP contribution in [0.4, 0.5) is 0 Å². The summed E-state index contributed by atoms with van der Waals surface area (Å²) in [7, 11) is 0. The van der Waals surface area contributed by atoms with Gasteiger partial charge in [-0.2, -0.15) is 0 Å². The van der Waals surface area contributed by atoms with Crippen LogP contribution in [0.25, 0.3) is 0 Å². The van der Waals surface area contributed by atoms with E-state index in [1.165, 1.54) is 0 Å². The molecule has 4 heteroatoms. The van der Waals surface area contributed by atoms with E-state index in [-0.39, 0.29) is 5.41 Å². The number of allylic oxidation sites excluding steroid dienone is 1. The molecule has 0 aromatic carbocycles. The molecule has 0 unspecified atom stereocenters. The molecule has 0 bridgehead atoms. The second-order valence-electron chi connectivity index (χ2n) is 4.81. The van der Waals surface area contributed by atoms with E-state index >= 15 is 0 Å². The first-order valence-corrected chi connectivity index (χ1v) is 4.89. The van der Waals surface area contributed by atoms with Gasteiger partial charge in [0.05, 0.1) is 12.2 Å². The number of hydrogen-bond donors (Lipinski definition) is 0. The quantitative estimate of drug-likeness (QED) is 0.562. The summed E-state index contributed by atoms with van der Waals surface area (Å²) in [5, 5.41) is 7.83. The maximum Gasteiger partial charge on any atom is 0.172 e. The molecule has 1 aromatic heterocycles. The van der Waals surface area contributed by atoms with E-state index < -0.39 is 0 Å². The Morgan fingerprint density at radius 3 is 2.53 bits per heavy atom. The zero-order chi connectivity index (χ0) is 11.6. The third kappa shape index (κ3) is 2.52.